The Kier molecular flexibility index (Phi) is 5.82. The molecule has 0 N–H and O–H groups in total. The molecule has 1 fully saturated rings. The molecule has 1 unspecified atom stereocenters. The molecule has 3 heterocycles. The van der Waals surface area contributed by atoms with Crippen LogP contribution in [0.5, 0.6) is 5.75 Å². The number of nitrogens with zero attached hydrogens (tertiary/aromatic N) is 5. The molecular weight excluding hydrogens is 422 g/mol. The maximum atomic E-state index is 11.9. The first-order chi connectivity index (χ1) is 14.2. The molecule has 1 atom stereocenters. The van der Waals surface area contributed by atoms with Crippen LogP contribution in [0.4, 0.5) is 0 Å². The topological polar surface area (TPSA) is 89.7 Å². The van der Waals surface area contributed by atoms with E-state index in [9.17, 15) is 8.42 Å². The highest BCUT2D eigenvalue weighted by molar-refractivity contribution is 7.88. The highest BCUT2D eigenvalue weighted by Gasteiger charge is 2.30. The molecular formula is C20H27N5O3S2. The molecule has 10 heteroatoms. The van der Waals surface area contributed by atoms with Crippen LogP contribution in [-0.2, 0) is 16.6 Å². The standard InChI is InChI=1S/C20H27N5O3S2/c1-13(2)16-8-7-14(3)10-17(16)28-12-18-23-25-19(21-22-20(25)29-18)15-6-5-9-24(11-15)30(4,26)27/h7-8,10,13,15H,5-6,9,11-12H2,1-4H3. The Bertz CT molecular complexity index is 1150. The molecule has 162 valence electrons. The normalized spacial score (nSPS) is 18.4. The van der Waals surface area contributed by atoms with E-state index in [0.29, 0.717) is 30.6 Å². The Hall–Kier alpha value is -2.04. The summed E-state index contributed by atoms with van der Waals surface area (Å²) in [6.45, 7) is 7.69. The van der Waals surface area contributed by atoms with Gasteiger partial charge in [0.25, 0.3) is 0 Å². The molecule has 1 aliphatic heterocycles. The Morgan fingerprint density at radius 1 is 1.30 bits per heavy atom. The lowest BCUT2D eigenvalue weighted by Crippen LogP contribution is -2.38. The van der Waals surface area contributed by atoms with E-state index in [4.69, 9.17) is 4.74 Å². The summed E-state index contributed by atoms with van der Waals surface area (Å²) in [4.78, 5) is 0.702. The van der Waals surface area contributed by atoms with Crippen molar-refractivity contribution < 1.29 is 13.2 Å². The van der Waals surface area contributed by atoms with Crippen LogP contribution >= 0.6 is 11.3 Å². The zero-order valence-electron chi connectivity index (χ0n) is 17.7. The van der Waals surface area contributed by atoms with Crippen molar-refractivity contribution in [3.05, 3.63) is 40.2 Å². The molecule has 0 saturated carbocycles. The lowest BCUT2D eigenvalue weighted by atomic mass is 9.99. The van der Waals surface area contributed by atoms with Crippen molar-refractivity contribution >= 4 is 26.3 Å². The highest BCUT2D eigenvalue weighted by atomic mass is 32.2. The first-order valence-corrected chi connectivity index (χ1v) is 12.8. The lowest BCUT2D eigenvalue weighted by molar-refractivity contribution is 0.297. The quantitative estimate of drug-likeness (QED) is 0.573. The van der Waals surface area contributed by atoms with Gasteiger partial charge < -0.3 is 4.74 Å². The van der Waals surface area contributed by atoms with Crippen molar-refractivity contribution in [1.82, 2.24) is 24.1 Å². The van der Waals surface area contributed by atoms with Crippen LogP contribution in [0.3, 0.4) is 0 Å². The van der Waals surface area contributed by atoms with Gasteiger partial charge in [-0.1, -0.05) is 37.3 Å². The van der Waals surface area contributed by atoms with Crippen molar-refractivity contribution in [2.75, 3.05) is 19.3 Å². The van der Waals surface area contributed by atoms with E-state index in [1.807, 2.05) is 0 Å². The van der Waals surface area contributed by atoms with Crippen LogP contribution in [0.25, 0.3) is 4.96 Å². The van der Waals surface area contributed by atoms with Gasteiger partial charge in [-0.05, 0) is 42.9 Å². The van der Waals surface area contributed by atoms with Crippen molar-refractivity contribution in [2.24, 2.45) is 0 Å². The maximum Gasteiger partial charge on any atom is 0.234 e. The molecule has 1 saturated heterocycles. The van der Waals surface area contributed by atoms with Gasteiger partial charge >= 0.3 is 0 Å². The number of piperidine rings is 1. The summed E-state index contributed by atoms with van der Waals surface area (Å²) in [6.07, 6.45) is 2.93. The van der Waals surface area contributed by atoms with Gasteiger partial charge in [0.05, 0.1) is 6.26 Å². The molecule has 0 aliphatic carbocycles. The average molecular weight is 450 g/mol. The van der Waals surface area contributed by atoms with Gasteiger partial charge in [-0.3, -0.25) is 0 Å². The zero-order chi connectivity index (χ0) is 21.5. The van der Waals surface area contributed by atoms with E-state index in [2.05, 4.69) is 54.3 Å². The highest BCUT2D eigenvalue weighted by Crippen LogP contribution is 2.30. The molecule has 2 aromatic heterocycles. The number of rotatable bonds is 6. The Labute approximate surface area is 180 Å². The number of hydrogen-bond acceptors (Lipinski definition) is 7. The van der Waals surface area contributed by atoms with Crippen LogP contribution in [0, 0.1) is 6.92 Å². The fraction of sp³-hybridized carbons (Fsp3) is 0.550. The number of hydrogen-bond donors (Lipinski definition) is 0. The Morgan fingerprint density at radius 3 is 2.83 bits per heavy atom. The molecule has 1 aromatic carbocycles. The molecule has 8 nitrogen and oxygen atoms in total. The molecule has 0 bridgehead atoms. The molecule has 4 rings (SSSR count). The first kappa shape index (κ1) is 21.2. The maximum absolute atomic E-state index is 11.9. The van der Waals surface area contributed by atoms with Gasteiger partial charge in [0, 0.05) is 19.0 Å². The molecule has 30 heavy (non-hydrogen) atoms. The van der Waals surface area contributed by atoms with Crippen LogP contribution in [0.1, 0.15) is 60.5 Å². The molecule has 1 aliphatic rings. The van der Waals surface area contributed by atoms with Crippen molar-refractivity contribution in [2.45, 2.75) is 52.1 Å². The van der Waals surface area contributed by atoms with E-state index in [1.165, 1.54) is 27.5 Å². The minimum Gasteiger partial charge on any atom is -0.486 e. The summed E-state index contributed by atoms with van der Waals surface area (Å²) in [5, 5.41) is 14.0. The van der Waals surface area contributed by atoms with E-state index in [1.54, 1.807) is 4.52 Å². The van der Waals surface area contributed by atoms with E-state index >= 15 is 0 Å². The second kappa shape index (κ2) is 8.24. The third-order valence-electron chi connectivity index (χ3n) is 5.42. The van der Waals surface area contributed by atoms with Crippen molar-refractivity contribution in [3.8, 4) is 5.75 Å². The van der Waals surface area contributed by atoms with Crippen LogP contribution in [0.15, 0.2) is 18.2 Å². The lowest BCUT2D eigenvalue weighted by Gasteiger charge is -2.29. The van der Waals surface area contributed by atoms with Gasteiger partial charge in [-0.15, -0.1) is 10.2 Å². The average Bonchev–Trinajstić information content (AvgIpc) is 3.26. The number of benzene rings is 1. The number of sulfonamides is 1. The largest absolute Gasteiger partial charge is 0.486 e. The second-order valence-corrected chi connectivity index (χ2v) is 11.2. The van der Waals surface area contributed by atoms with E-state index < -0.39 is 10.0 Å². The summed E-state index contributed by atoms with van der Waals surface area (Å²) in [6, 6.07) is 6.27. The van der Waals surface area contributed by atoms with Gasteiger partial charge in [0.1, 0.15) is 12.4 Å². The monoisotopic (exact) mass is 449 g/mol. The first-order valence-electron chi connectivity index (χ1n) is 10.1. The third-order valence-corrected chi connectivity index (χ3v) is 7.56. The summed E-state index contributed by atoms with van der Waals surface area (Å²) in [5.74, 6) is 1.96. The minimum absolute atomic E-state index is 0.0105. The predicted molar refractivity (Wildman–Crippen MR) is 117 cm³/mol. The van der Waals surface area contributed by atoms with Gasteiger partial charge in [-0.25, -0.2) is 12.7 Å². The third kappa shape index (κ3) is 4.35. The SMILES string of the molecule is Cc1ccc(C(C)C)c(OCc2nn3c(C4CCCN(S(C)(=O)=O)C4)nnc3s2)c1. The van der Waals surface area contributed by atoms with Crippen molar-refractivity contribution in [1.29, 1.82) is 0 Å². The Balaban J connectivity index is 1.53. The Morgan fingerprint density at radius 2 is 2.10 bits per heavy atom. The summed E-state index contributed by atoms with van der Waals surface area (Å²) >= 11 is 1.45. The molecule has 0 amide bonds. The van der Waals surface area contributed by atoms with E-state index in [-0.39, 0.29) is 5.92 Å². The van der Waals surface area contributed by atoms with Crippen molar-refractivity contribution in [3.63, 3.8) is 0 Å². The zero-order valence-corrected chi connectivity index (χ0v) is 19.3. The molecule has 3 aromatic rings. The minimum atomic E-state index is -3.21. The van der Waals surface area contributed by atoms with E-state index in [0.717, 1.165) is 35.0 Å². The second-order valence-electron chi connectivity index (χ2n) is 8.19. The molecule has 0 radical (unpaired) electrons. The number of ether oxygens (including phenoxy) is 1. The number of fused-ring (bicyclic) bond motifs is 1. The number of aromatic nitrogens is 4. The smallest absolute Gasteiger partial charge is 0.234 e. The van der Waals surface area contributed by atoms with Gasteiger partial charge in [0.2, 0.25) is 15.0 Å². The fourth-order valence-electron chi connectivity index (χ4n) is 3.82. The van der Waals surface area contributed by atoms with Crippen LogP contribution in [0.2, 0.25) is 0 Å². The number of aryl methyl sites for hydroxylation is 1. The van der Waals surface area contributed by atoms with Gasteiger partial charge in [-0.2, -0.15) is 9.61 Å². The van der Waals surface area contributed by atoms with Gasteiger partial charge in [0.15, 0.2) is 10.8 Å². The summed E-state index contributed by atoms with van der Waals surface area (Å²) in [5.41, 5.74) is 2.33. The molecule has 0 spiro atoms. The van der Waals surface area contributed by atoms with Crippen LogP contribution in [-0.4, -0.2) is 51.9 Å². The summed E-state index contributed by atoms with van der Waals surface area (Å²) < 4.78 is 33.3. The predicted octanol–water partition coefficient (Wildman–Crippen LogP) is 3.34. The summed E-state index contributed by atoms with van der Waals surface area (Å²) in [7, 11) is -3.21. The van der Waals surface area contributed by atoms with Crippen LogP contribution < -0.4 is 4.74 Å². The fourth-order valence-corrected chi connectivity index (χ4v) is 5.49.